The minimum atomic E-state index is -0.542. The highest BCUT2D eigenvalue weighted by Gasteiger charge is 2.23. The normalized spacial score (nSPS) is 12.9. The Hall–Kier alpha value is -3.54. The quantitative estimate of drug-likeness (QED) is 0.291. The van der Waals surface area contributed by atoms with Crippen LogP contribution in [-0.4, -0.2) is 36.7 Å². The van der Waals surface area contributed by atoms with Gasteiger partial charge in [0.1, 0.15) is 11.4 Å². The van der Waals surface area contributed by atoms with E-state index in [1.807, 2.05) is 51.2 Å². The number of carbonyl (C=O) groups is 2. The third-order valence-electron chi connectivity index (χ3n) is 5.82. The Morgan fingerprint density at radius 2 is 1.80 bits per heavy atom. The standard InChI is InChI=1S/C29H35NO5/c1-8-9-21(22-12-11-20(28(32)34-7)16-26(22)33-6)24-17-30-25-13-10-19(15-23(24)25)14-18(2)27(31)35-29(3,4)5/h10-17,21,30H,8-9H2,1-7H3/b18-14+. The highest BCUT2D eigenvalue weighted by atomic mass is 16.6. The number of rotatable bonds is 8. The van der Waals surface area contributed by atoms with Crippen molar-refractivity contribution in [1.82, 2.24) is 4.98 Å². The number of benzene rings is 2. The molecule has 1 aromatic heterocycles. The zero-order chi connectivity index (χ0) is 25.8. The van der Waals surface area contributed by atoms with Gasteiger partial charge in [-0.2, -0.15) is 0 Å². The van der Waals surface area contributed by atoms with Gasteiger partial charge in [0.05, 0.1) is 19.8 Å². The second-order valence-corrected chi connectivity index (χ2v) is 9.67. The van der Waals surface area contributed by atoms with Crippen molar-refractivity contribution >= 4 is 28.9 Å². The smallest absolute Gasteiger partial charge is 0.337 e. The van der Waals surface area contributed by atoms with Crippen LogP contribution in [0.1, 0.15) is 80.4 Å². The Bertz CT molecular complexity index is 1250. The van der Waals surface area contributed by atoms with E-state index in [1.165, 1.54) is 7.11 Å². The number of hydrogen-bond acceptors (Lipinski definition) is 5. The molecule has 186 valence electrons. The van der Waals surface area contributed by atoms with Crippen LogP contribution in [0.2, 0.25) is 0 Å². The number of carbonyl (C=O) groups excluding carboxylic acids is 2. The van der Waals surface area contributed by atoms with Crippen LogP contribution in [0.5, 0.6) is 5.75 Å². The van der Waals surface area contributed by atoms with Crippen molar-refractivity contribution in [3.8, 4) is 5.75 Å². The number of hydrogen-bond donors (Lipinski definition) is 1. The predicted octanol–water partition coefficient (Wildman–Crippen LogP) is 6.64. The topological polar surface area (TPSA) is 77.6 Å². The molecule has 0 radical (unpaired) electrons. The average Bonchev–Trinajstić information content (AvgIpc) is 3.23. The van der Waals surface area contributed by atoms with Crippen LogP contribution in [0.15, 0.2) is 48.2 Å². The van der Waals surface area contributed by atoms with Gasteiger partial charge in [-0.15, -0.1) is 0 Å². The lowest BCUT2D eigenvalue weighted by molar-refractivity contribution is -0.149. The lowest BCUT2D eigenvalue weighted by atomic mass is 9.86. The molecule has 2 aromatic carbocycles. The zero-order valence-corrected chi connectivity index (χ0v) is 21.7. The summed E-state index contributed by atoms with van der Waals surface area (Å²) in [4.78, 5) is 27.8. The maximum Gasteiger partial charge on any atom is 0.337 e. The molecule has 35 heavy (non-hydrogen) atoms. The van der Waals surface area contributed by atoms with Crippen LogP contribution >= 0.6 is 0 Å². The molecule has 0 fully saturated rings. The van der Waals surface area contributed by atoms with Crippen molar-refractivity contribution in [2.45, 2.75) is 59.0 Å². The first kappa shape index (κ1) is 26.1. The van der Waals surface area contributed by atoms with E-state index in [9.17, 15) is 9.59 Å². The van der Waals surface area contributed by atoms with Crippen LogP contribution in [0.25, 0.3) is 17.0 Å². The minimum Gasteiger partial charge on any atom is -0.496 e. The summed E-state index contributed by atoms with van der Waals surface area (Å²) in [5.74, 6) is -0.0175. The van der Waals surface area contributed by atoms with Crippen molar-refractivity contribution in [2.75, 3.05) is 14.2 Å². The van der Waals surface area contributed by atoms with Crippen LogP contribution < -0.4 is 4.74 Å². The number of H-pyrrole nitrogens is 1. The number of methoxy groups -OCH3 is 2. The van der Waals surface area contributed by atoms with Gasteiger partial charge in [0.15, 0.2) is 0 Å². The molecule has 0 spiro atoms. The highest BCUT2D eigenvalue weighted by Crippen LogP contribution is 2.39. The lowest BCUT2D eigenvalue weighted by Crippen LogP contribution is -2.24. The number of fused-ring (bicyclic) bond motifs is 1. The third-order valence-corrected chi connectivity index (χ3v) is 5.82. The average molecular weight is 478 g/mol. The summed E-state index contributed by atoms with van der Waals surface area (Å²) >= 11 is 0. The van der Waals surface area contributed by atoms with E-state index in [-0.39, 0.29) is 11.9 Å². The van der Waals surface area contributed by atoms with Gasteiger partial charge < -0.3 is 19.2 Å². The molecule has 1 atom stereocenters. The first-order chi connectivity index (χ1) is 16.6. The Morgan fingerprint density at radius 1 is 1.06 bits per heavy atom. The van der Waals surface area contributed by atoms with E-state index >= 15 is 0 Å². The van der Waals surface area contributed by atoms with Crippen molar-refractivity contribution in [2.24, 2.45) is 0 Å². The van der Waals surface area contributed by atoms with Crippen LogP contribution in [0.4, 0.5) is 0 Å². The predicted molar refractivity (Wildman–Crippen MR) is 139 cm³/mol. The molecule has 3 rings (SSSR count). The molecule has 0 saturated heterocycles. The maximum atomic E-state index is 12.4. The molecule has 6 heteroatoms. The van der Waals surface area contributed by atoms with E-state index < -0.39 is 11.6 Å². The van der Waals surface area contributed by atoms with Crippen molar-refractivity contribution in [3.63, 3.8) is 0 Å². The number of nitrogens with one attached hydrogen (secondary N) is 1. The molecule has 1 unspecified atom stereocenters. The van der Waals surface area contributed by atoms with Gasteiger partial charge in [-0.25, -0.2) is 9.59 Å². The number of aromatic nitrogens is 1. The van der Waals surface area contributed by atoms with Gasteiger partial charge >= 0.3 is 11.9 Å². The molecule has 0 aliphatic rings. The van der Waals surface area contributed by atoms with Crippen LogP contribution in [-0.2, 0) is 14.3 Å². The third kappa shape index (κ3) is 6.13. The van der Waals surface area contributed by atoms with E-state index in [4.69, 9.17) is 14.2 Å². The second-order valence-electron chi connectivity index (χ2n) is 9.67. The summed E-state index contributed by atoms with van der Waals surface area (Å²) in [6.07, 6.45) is 5.76. The van der Waals surface area contributed by atoms with E-state index in [0.29, 0.717) is 16.9 Å². The fourth-order valence-corrected chi connectivity index (χ4v) is 4.22. The van der Waals surface area contributed by atoms with Gasteiger partial charge in [-0.05, 0) is 75.6 Å². The second kappa shape index (κ2) is 10.8. The summed E-state index contributed by atoms with van der Waals surface area (Å²) in [7, 11) is 2.98. The molecular weight excluding hydrogens is 442 g/mol. The summed E-state index contributed by atoms with van der Waals surface area (Å²) < 4.78 is 16.0. The maximum absolute atomic E-state index is 12.4. The number of esters is 2. The number of ether oxygens (including phenoxy) is 3. The van der Waals surface area contributed by atoms with Gasteiger partial charge in [-0.3, -0.25) is 0 Å². The molecule has 6 nitrogen and oxygen atoms in total. The molecule has 0 aliphatic carbocycles. The first-order valence-corrected chi connectivity index (χ1v) is 11.9. The molecule has 1 heterocycles. The monoisotopic (exact) mass is 477 g/mol. The van der Waals surface area contributed by atoms with Gasteiger partial charge in [0, 0.05) is 34.2 Å². The Labute approximate surface area is 207 Å². The zero-order valence-electron chi connectivity index (χ0n) is 21.7. The summed E-state index contributed by atoms with van der Waals surface area (Å²) in [6, 6.07) is 11.6. The molecule has 0 aliphatic heterocycles. The highest BCUT2D eigenvalue weighted by molar-refractivity contribution is 5.95. The molecule has 3 aromatic rings. The summed E-state index contributed by atoms with van der Waals surface area (Å²) in [5, 5.41) is 1.08. The fourth-order valence-electron chi connectivity index (χ4n) is 4.22. The van der Waals surface area contributed by atoms with E-state index in [1.54, 1.807) is 26.2 Å². The SMILES string of the molecule is CCCC(c1ccc(C(=O)OC)cc1OC)c1c[nH]c2ccc(/C=C(\C)C(=O)OC(C)(C)C)cc12. The van der Waals surface area contributed by atoms with Crippen molar-refractivity contribution in [1.29, 1.82) is 0 Å². The Morgan fingerprint density at radius 3 is 2.43 bits per heavy atom. The lowest BCUT2D eigenvalue weighted by Gasteiger charge is -2.20. The Kier molecular flexibility index (Phi) is 8.05. The molecule has 1 N–H and O–H groups in total. The largest absolute Gasteiger partial charge is 0.496 e. The minimum absolute atomic E-state index is 0.0570. The van der Waals surface area contributed by atoms with Crippen LogP contribution in [0, 0.1) is 0 Å². The molecule has 0 saturated carbocycles. The van der Waals surface area contributed by atoms with Crippen LogP contribution in [0.3, 0.4) is 0 Å². The van der Waals surface area contributed by atoms with Crippen molar-refractivity contribution < 1.29 is 23.8 Å². The van der Waals surface area contributed by atoms with E-state index in [0.717, 1.165) is 40.4 Å². The molecule has 0 bridgehead atoms. The summed E-state index contributed by atoms with van der Waals surface area (Å²) in [5.41, 5.74) is 4.53. The molecule has 0 amide bonds. The molecular formula is C29H35NO5. The van der Waals surface area contributed by atoms with E-state index in [2.05, 4.69) is 18.0 Å². The van der Waals surface area contributed by atoms with Crippen molar-refractivity contribution in [3.05, 3.63) is 70.4 Å². The Balaban J connectivity index is 2.05. The summed E-state index contributed by atoms with van der Waals surface area (Å²) in [6.45, 7) is 9.49. The van der Waals surface area contributed by atoms with Gasteiger partial charge in [0.2, 0.25) is 0 Å². The fraction of sp³-hybridized carbons (Fsp3) is 0.379. The number of aromatic amines is 1. The van der Waals surface area contributed by atoms with Gasteiger partial charge in [0.25, 0.3) is 0 Å². The first-order valence-electron chi connectivity index (χ1n) is 11.9. The van der Waals surface area contributed by atoms with Gasteiger partial charge in [-0.1, -0.05) is 25.5 Å².